The minimum absolute atomic E-state index is 0.514. The van der Waals surface area contributed by atoms with Gasteiger partial charge in [-0.25, -0.2) is 0 Å². The largest absolute Gasteiger partial charge is 0.385 e. The Morgan fingerprint density at radius 1 is 1.10 bits per heavy atom. The molecule has 2 nitrogen and oxygen atoms in total. The summed E-state index contributed by atoms with van der Waals surface area (Å²) < 4.78 is 5.21. The van der Waals surface area contributed by atoms with Gasteiger partial charge < -0.3 is 10.1 Å². The van der Waals surface area contributed by atoms with Gasteiger partial charge in [0.25, 0.3) is 0 Å². The summed E-state index contributed by atoms with van der Waals surface area (Å²) in [5, 5.41) is 6.34. The van der Waals surface area contributed by atoms with Crippen LogP contribution in [0.15, 0.2) is 42.5 Å². The Morgan fingerprint density at radius 3 is 2.70 bits per heavy atom. The van der Waals surface area contributed by atoms with Crippen LogP contribution >= 0.6 is 0 Å². The molecule has 1 fully saturated rings. The average molecular weight is 269 g/mol. The van der Waals surface area contributed by atoms with Crippen LogP contribution < -0.4 is 5.32 Å². The molecule has 0 unspecified atom stereocenters. The molecule has 0 spiro atoms. The van der Waals surface area contributed by atoms with Gasteiger partial charge >= 0.3 is 0 Å². The van der Waals surface area contributed by atoms with Gasteiger partial charge in [0.05, 0.1) is 0 Å². The van der Waals surface area contributed by atoms with E-state index < -0.39 is 0 Å². The first-order valence-corrected chi connectivity index (χ1v) is 7.49. The van der Waals surface area contributed by atoms with Crippen molar-refractivity contribution in [2.24, 2.45) is 5.41 Å². The van der Waals surface area contributed by atoms with Crippen LogP contribution in [0.2, 0.25) is 0 Å². The van der Waals surface area contributed by atoms with Crippen molar-refractivity contribution < 1.29 is 4.74 Å². The average Bonchev–Trinajstić information content (AvgIpc) is 3.26. The summed E-state index contributed by atoms with van der Waals surface area (Å²) in [5.74, 6) is 0. The minimum Gasteiger partial charge on any atom is -0.385 e. The highest BCUT2D eigenvalue weighted by Gasteiger charge is 2.41. The van der Waals surface area contributed by atoms with Crippen molar-refractivity contribution in [2.45, 2.75) is 25.8 Å². The van der Waals surface area contributed by atoms with Crippen molar-refractivity contribution in [1.82, 2.24) is 5.32 Å². The molecule has 2 heteroatoms. The molecule has 20 heavy (non-hydrogen) atoms. The lowest BCUT2D eigenvalue weighted by atomic mass is 10.0. The molecule has 3 rings (SSSR count). The van der Waals surface area contributed by atoms with Crippen LogP contribution in [0.4, 0.5) is 0 Å². The molecule has 1 aliphatic rings. The van der Waals surface area contributed by atoms with E-state index in [1.54, 1.807) is 7.11 Å². The first-order valence-electron chi connectivity index (χ1n) is 7.49. The van der Waals surface area contributed by atoms with Crippen LogP contribution in [0, 0.1) is 5.41 Å². The van der Waals surface area contributed by atoms with Gasteiger partial charge in [0.1, 0.15) is 0 Å². The first-order chi connectivity index (χ1) is 9.83. The number of fused-ring (bicyclic) bond motifs is 1. The Balaban J connectivity index is 1.60. The van der Waals surface area contributed by atoms with Crippen molar-refractivity contribution in [1.29, 1.82) is 0 Å². The highest BCUT2D eigenvalue weighted by Crippen LogP contribution is 2.48. The van der Waals surface area contributed by atoms with Gasteiger partial charge in [0.2, 0.25) is 0 Å². The zero-order valence-corrected chi connectivity index (χ0v) is 12.2. The quantitative estimate of drug-likeness (QED) is 0.826. The van der Waals surface area contributed by atoms with Crippen LogP contribution in [0.5, 0.6) is 0 Å². The zero-order chi connectivity index (χ0) is 13.8. The van der Waals surface area contributed by atoms with Crippen molar-refractivity contribution in [3.63, 3.8) is 0 Å². The summed E-state index contributed by atoms with van der Waals surface area (Å²) in [7, 11) is 1.79. The molecule has 2 aromatic rings. The molecule has 106 valence electrons. The molecule has 0 atom stereocenters. The molecule has 0 aromatic heterocycles. The molecule has 0 saturated heterocycles. The number of rotatable bonds is 7. The molecule has 0 amide bonds. The van der Waals surface area contributed by atoms with E-state index >= 15 is 0 Å². The lowest BCUT2D eigenvalue weighted by Gasteiger charge is -2.16. The van der Waals surface area contributed by atoms with E-state index in [1.165, 1.54) is 35.6 Å². The second-order valence-electron chi connectivity index (χ2n) is 5.98. The molecule has 2 aromatic carbocycles. The van der Waals surface area contributed by atoms with Crippen LogP contribution in [-0.4, -0.2) is 20.3 Å². The van der Waals surface area contributed by atoms with Crippen LogP contribution in [-0.2, 0) is 11.3 Å². The summed E-state index contributed by atoms with van der Waals surface area (Å²) in [6, 6.07) is 15.2. The number of ether oxygens (including phenoxy) is 1. The van der Waals surface area contributed by atoms with Gasteiger partial charge in [0.15, 0.2) is 0 Å². The smallest absolute Gasteiger partial charge is 0.0468 e. The molecule has 0 aliphatic heterocycles. The number of nitrogens with one attached hydrogen (secondary N) is 1. The fourth-order valence-corrected chi connectivity index (χ4v) is 2.92. The van der Waals surface area contributed by atoms with Gasteiger partial charge in [-0.2, -0.15) is 0 Å². The molecule has 0 bridgehead atoms. The highest BCUT2D eigenvalue weighted by molar-refractivity contribution is 5.85. The molecule has 0 heterocycles. The monoisotopic (exact) mass is 269 g/mol. The predicted molar refractivity (Wildman–Crippen MR) is 83.8 cm³/mol. The van der Waals surface area contributed by atoms with E-state index in [0.717, 1.165) is 19.7 Å². The molecule has 1 N–H and O–H groups in total. The topological polar surface area (TPSA) is 21.3 Å². The van der Waals surface area contributed by atoms with E-state index in [2.05, 4.69) is 47.8 Å². The lowest BCUT2D eigenvalue weighted by Crippen LogP contribution is -2.24. The number of hydrogen-bond donors (Lipinski definition) is 1. The maximum absolute atomic E-state index is 5.21. The Kier molecular flexibility index (Phi) is 4.04. The predicted octanol–water partition coefficient (Wildman–Crippen LogP) is 3.75. The number of benzene rings is 2. The maximum Gasteiger partial charge on any atom is 0.0468 e. The third-order valence-electron chi connectivity index (χ3n) is 4.49. The Labute approximate surface area is 121 Å². The van der Waals surface area contributed by atoms with Gasteiger partial charge in [0, 0.05) is 26.8 Å². The van der Waals surface area contributed by atoms with Crippen molar-refractivity contribution in [3.05, 3.63) is 48.0 Å². The highest BCUT2D eigenvalue weighted by atomic mass is 16.5. The summed E-state index contributed by atoms with van der Waals surface area (Å²) in [4.78, 5) is 0. The third kappa shape index (κ3) is 3.02. The Morgan fingerprint density at radius 2 is 1.90 bits per heavy atom. The molecule has 1 saturated carbocycles. The maximum atomic E-state index is 5.21. The lowest BCUT2D eigenvalue weighted by molar-refractivity contribution is 0.171. The van der Waals surface area contributed by atoms with Crippen LogP contribution in [0.3, 0.4) is 0 Å². The zero-order valence-electron chi connectivity index (χ0n) is 12.2. The summed E-state index contributed by atoms with van der Waals surface area (Å²) >= 11 is 0. The second-order valence-corrected chi connectivity index (χ2v) is 5.98. The molecular formula is C18H23NO. The number of hydrogen-bond acceptors (Lipinski definition) is 2. The number of methoxy groups -OCH3 is 1. The summed E-state index contributed by atoms with van der Waals surface area (Å²) in [6.45, 7) is 2.95. The fourth-order valence-electron chi connectivity index (χ4n) is 2.92. The van der Waals surface area contributed by atoms with Crippen molar-refractivity contribution >= 4 is 10.8 Å². The fraction of sp³-hybridized carbons (Fsp3) is 0.444. The van der Waals surface area contributed by atoms with E-state index in [9.17, 15) is 0 Å². The first kappa shape index (κ1) is 13.6. The van der Waals surface area contributed by atoms with E-state index in [4.69, 9.17) is 4.74 Å². The molecule has 0 radical (unpaired) electrons. The Bertz CT molecular complexity index is 569. The van der Waals surface area contributed by atoms with Crippen LogP contribution in [0.25, 0.3) is 10.8 Å². The summed E-state index contributed by atoms with van der Waals surface area (Å²) in [5.41, 5.74) is 1.91. The van der Waals surface area contributed by atoms with E-state index in [1.807, 2.05) is 0 Å². The normalized spacial score (nSPS) is 16.4. The van der Waals surface area contributed by atoms with Gasteiger partial charge in [-0.1, -0.05) is 42.5 Å². The standard InChI is InChI=1S/C18H23NO/c1-20-12-11-18(9-10-18)14-19-13-16-7-4-6-15-5-2-3-8-17(15)16/h2-8,19H,9-14H2,1H3. The van der Waals surface area contributed by atoms with Gasteiger partial charge in [-0.15, -0.1) is 0 Å². The van der Waals surface area contributed by atoms with E-state index in [-0.39, 0.29) is 0 Å². The summed E-state index contributed by atoms with van der Waals surface area (Å²) in [6.07, 6.45) is 3.88. The van der Waals surface area contributed by atoms with Crippen molar-refractivity contribution in [3.8, 4) is 0 Å². The van der Waals surface area contributed by atoms with Gasteiger partial charge in [-0.3, -0.25) is 0 Å². The van der Waals surface area contributed by atoms with Crippen molar-refractivity contribution in [2.75, 3.05) is 20.3 Å². The Hall–Kier alpha value is -1.38. The molecular weight excluding hydrogens is 246 g/mol. The minimum atomic E-state index is 0.514. The SMILES string of the molecule is COCCC1(CNCc2cccc3ccccc23)CC1. The van der Waals surface area contributed by atoms with Gasteiger partial charge in [-0.05, 0) is 41.0 Å². The molecule has 1 aliphatic carbocycles. The van der Waals surface area contributed by atoms with Crippen LogP contribution in [0.1, 0.15) is 24.8 Å². The van der Waals surface area contributed by atoms with E-state index in [0.29, 0.717) is 5.41 Å². The second kappa shape index (κ2) is 5.94. The third-order valence-corrected chi connectivity index (χ3v) is 4.49.